The van der Waals surface area contributed by atoms with Crippen LogP contribution in [-0.2, 0) is 9.59 Å². The molecule has 14 heavy (non-hydrogen) atoms. The Bertz CT molecular complexity index is 226. The van der Waals surface area contributed by atoms with E-state index in [-0.39, 0.29) is 23.6 Å². The molecule has 0 aromatic carbocycles. The highest BCUT2D eigenvalue weighted by Gasteiger charge is 2.24. The quantitative estimate of drug-likeness (QED) is 0.733. The van der Waals surface area contributed by atoms with Gasteiger partial charge in [0.2, 0.25) is 5.91 Å². The van der Waals surface area contributed by atoms with Crippen molar-refractivity contribution in [3.8, 4) is 0 Å². The summed E-state index contributed by atoms with van der Waals surface area (Å²) in [4.78, 5) is 21.9. The highest BCUT2D eigenvalue weighted by Crippen LogP contribution is 2.26. The molecule has 80 valence electrons. The predicted molar refractivity (Wildman–Crippen MR) is 55.3 cm³/mol. The molecule has 1 aliphatic heterocycles. The Morgan fingerprint density at radius 2 is 2.36 bits per heavy atom. The Kier molecular flexibility index (Phi) is 4.25. The molecule has 0 aromatic heterocycles. The molecular weight excluding hydrogens is 202 g/mol. The molecule has 1 amide bonds. The normalized spacial score (nSPS) is 23.1. The molecule has 1 rings (SSSR count). The summed E-state index contributed by atoms with van der Waals surface area (Å²) in [6, 6.07) is -0.277. The van der Waals surface area contributed by atoms with Crippen LogP contribution in [0.3, 0.4) is 0 Å². The smallest absolute Gasteiger partial charge is 0.305 e. The lowest BCUT2D eigenvalue weighted by Crippen LogP contribution is -2.38. The summed E-state index contributed by atoms with van der Waals surface area (Å²) < 4.78 is 0. The molecule has 1 fully saturated rings. The summed E-state index contributed by atoms with van der Waals surface area (Å²) in [6.45, 7) is 1.71. The van der Waals surface area contributed by atoms with Crippen molar-refractivity contribution in [2.45, 2.75) is 37.5 Å². The second kappa shape index (κ2) is 5.24. The Labute approximate surface area is 87.4 Å². The SMILES string of the molecule is CC(CC(=O)O)NC(=O)C1CCCS1. The van der Waals surface area contributed by atoms with Gasteiger partial charge in [-0.15, -0.1) is 11.8 Å². The van der Waals surface area contributed by atoms with Crippen LogP contribution < -0.4 is 5.32 Å². The highest BCUT2D eigenvalue weighted by molar-refractivity contribution is 8.00. The summed E-state index contributed by atoms with van der Waals surface area (Å²) in [5.74, 6) is 0.143. The van der Waals surface area contributed by atoms with Crippen molar-refractivity contribution in [1.82, 2.24) is 5.32 Å². The van der Waals surface area contributed by atoms with Crippen LogP contribution in [0, 0.1) is 0 Å². The third-order valence-corrected chi connectivity index (χ3v) is 3.47. The first-order chi connectivity index (χ1) is 6.59. The van der Waals surface area contributed by atoms with E-state index in [4.69, 9.17) is 5.11 Å². The number of hydrogen-bond acceptors (Lipinski definition) is 3. The topological polar surface area (TPSA) is 66.4 Å². The fourth-order valence-corrected chi connectivity index (χ4v) is 2.60. The molecule has 0 aliphatic carbocycles. The van der Waals surface area contributed by atoms with E-state index in [0.717, 1.165) is 18.6 Å². The third kappa shape index (κ3) is 3.57. The lowest BCUT2D eigenvalue weighted by atomic mass is 10.2. The van der Waals surface area contributed by atoms with Gasteiger partial charge in [0.05, 0.1) is 11.7 Å². The van der Waals surface area contributed by atoms with E-state index >= 15 is 0 Å². The maximum Gasteiger partial charge on any atom is 0.305 e. The molecule has 1 heterocycles. The Balaban J connectivity index is 2.28. The van der Waals surface area contributed by atoms with Gasteiger partial charge in [-0.3, -0.25) is 9.59 Å². The molecule has 2 N–H and O–H groups in total. The Morgan fingerprint density at radius 1 is 1.64 bits per heavy atom. The maximum atomic E-state index is 11.5. The van der Waals surface area contributed by atoms with Gasteiger partial charge in [-0.05, 0) is 25.5 Å². The molecule has 5 heteroatoms. The number of thioether (sulfide) groups is 1. The molecule has 0 spiro atoms. The zero-order chi connectivity index (χ0) is 10.6. The summed E-state index contributed by atoms with van der Waals surface area (Å²) in [5.41, 5.74) is 0. The van der Waals surface area contributed by atoms with Crippen molar-refractivity contribution in [2.24, 2.45) is 0 Å². The number of carboxylic acid groups (broad SMARTS) is 1. The molecule has 4 nitrogen and oxygen atoms in total. The molecule has 0 saturated carbocycles. The van der Waals surface area contributed by atoms with E-state index in [9.17, 15) is 9.59 Å². The minimum atomic E-state index is -0.878. The van der Waals surface area contributed by atoms with Gasteiger partial charge in [0.1, 0.15) is 0 Å². The van der Waals surface area contributed by atoms with Crippen molar-refractivity contribution >= 4 is 23.6 Å². The van der Waals surface area contributed by atoms with E-state index in [1.54, 1.807) is 18.7 Å². The van der Waals surface area contributed by atoms with Crippen molar-refractivity contribution < 1.29 is 14.7 Å². The van der Waals surface area contributed by atoms with Crippen LogP contribution in [0.15, 0.2) is 0 Å². The average Bonchev–Trinajstić information content (AvgIpc) is 2.53. The number of carbonyl (C=O) groups excluding carboxylic acids is 1. The van der Waals surface area contributed by atoms with Gasteiger partial charge in [0.25, 0.3) is 0 Å². The number of aliphatic carboxylic acids is 1. The Hall–Kier alpha value is -0.710. The van der Waals surface area contributed by atoms with Gasteiger partial charge >= 0.3 is 5.97 Å². The van der Waals surface area contributed by atoms with Gasteiger partial charge in [-0.1, -0.05) is 0 Å². The summed E-state index contributed by atoms with van der Waals surface area (Å²) in [5, 5.41) is 11.3. The van der Waals surface area contributed by atoms with Crippen molar-refractivity contribution in [3.05, 3.63) is 0 Å². The van der Waals surface area contributed by atoms with Gasteiger partial charge in [-0.25, -0.2) is 0 Å². The van der Waals surface area contributed by atoms with Gasteiger partial charge < -0.3 is 10.4 Å². The van der Waals surface area contributed by atoms with E-state index in [1.807, 2.05) is 0 Å². The van der Waals surface area contributed by atoms with Crippen LogP contribution in [0.1, 0.15) is 26.2 Å². The lowest BCUT2D eigenvalue weighted by molar-refractivity contribution is -0.137. The van der Waals surface area contributed by atoms with Crippen molar-refractivity contribution in [1.29, 1.82) is 0 Å². The number of amides is 1. The average molecular weight is 217 g/mol. The van der Waals surface area contributed by atoms with Crippen molar-refractivity contribution in [3.63, 3.8) is 0 Å². The molecule has 0 bridgehead atoms. The van der Waals surface area contributed by atoms with E-state index in [0.29, 0.717) is 0 Å². The fraction of sp³-hybridized carbons (Fsp3) is 0.778. The maximum absolute atomic E-state index is 11.5. The van der Waals surface area contributed by atoms with Crippen molar-refractivity contribution in [2.75, 3.05) is 5.75 Å². The van der Waals surface area contributed by atoms with Crippen LogP contribution in [0.25, 0.3) is 0 Å². The highest BCUT2D eigenvalue weighted by atomic mass is 32.2. The monoisotopic (exact) mass is 217 g/mol. The van der Waals surface area contributed by atoms with E-state index in [2.05, 4.69) is 5.32 Å². The molecule has 1 saturated heterocycles. The Morgan fingerprint density at radius 3 is 2.86 bits per heavy atom. The second-order valence-corrected chi connectivity index (χ2v) is 4.82. The third-order valence-electron chi connectivity index (χ3n) is 2.09. The van der Waals surface area contributed by atoms with Crippen LogP contribution in [0.5, 0.6) is 0 Å². The van der Waals surface area contributed by atoms with Gasteiger partial charge in [-0.2, -0.15) is 0 Å². The number of carboxylic acids is 1. The molecule has 2 atom stereocenters. The van der Waals surface area contributed by atoms with E-state index < -0.39 is 5.97 Å². The zero-order valence-electron chi connectivity index (χ0n) is 8.16. The first-order valence-corrected chi connectivity index (χ1v) is 5.78. The minimum absolute atomic E-state index is 0.0108. The first kappa shape index (κ1) is 11.4. The molecule has 1 aliphatic rings. The standard InChI is InChI=1S/C9H15NO3S/c1-6(5-8(11)12)10-9(13)7-3-2-4-14-7/h6-7H,2-5H2,1H3,(H,10,13)(H,11,12). The minimum Gasteiger partial charge on any atom is -0.481 e. The van der Waals surface area contributed by atoms with Crippen LogP contribution in [0.2, 0.25) is 0 Å². The van der Waals surface area contributed by atoms with Gasteiger partial charge in [0.15, 0.2) is 0 Å². The van der Waals surface area contributed by atoms with Gasteiger partial charge in [0, 0.05) is 6.04 Å². The molecular formula is C9H15NO3S. The largest absolute Gasteiger partial charge is 0.481 e. The summed E-state index contributed by atoms with van der Waals surface area (Å²) in [6.07, 6.45) is 1.98. The molecule has 0 radical (unpaired) electrons. The predicted octanol–water partition coefficient (Wildman–Crippen LogP) is 0.861. The van der Waals surface area contributed by atoms with Crippen LogP contribution in [0.4, 0.5) is 0 Å². The number of nitrogens with one attached hydrogen (secondary N) is 1. The van der Waals surface area contributed by atoms with Crippen LogP contribution >= 0.6 is 11.8 Å². The van der Waals surface area contributed by atoms with Crippen LogP contribution in [-0.4, -0.2) is 34.0 Å². The molecule has 0 aromatic rings. The number of rotatable bonds is 4. The summed E-state index contributed by atoms with van der Waals surface area (Å²) in [7, 11) is 0. The van der Waals surface area contributed by atoms with E-state index in [1.165, 1.54) is 0 Å². The summed E-state index contributed by atoms with van der Waals surface area (Å²) >= 11 is 1.65. The zero-order valence-corrected chi connectivity index (χ0v) is 8.97. The lowest BCUT2D eigenvalue weighted by Gasteiger charge is -2.14. The number of hydrogen-bond donors (Lipinski definition) is 2. The number of carbonyl (C=O) groups is 2. The second-order valence-electron chi connectivity index (χ2n) is 3.51. The first-order valence-electron chi connectivity index (χ1n) is 4.73. The molecule has 2 unspecified atom stereocenters. The fourth-order valence-electron chi connectivity index (χ4n) is 1.43.